The molecule has 1 unspecified atom stereocenters. The molecule has 1 aliphatic rings. The van der Waals surface area contributed by atoms with Crippen molar-refractivity contribution in [2.45, 2.75) is 12.3 Å². The zero-order valence-corrected chi connectivity index (χ0v) is 9.06. The second-order valence-corrected chi connectivity index (χ2v) is 4.68. The average molecular weight is 242 g/mol. The van der Waals surface area contributed by atoms with Crippen molar-refractivity contribution < 1.29 is 5.11 Å². The van der Waals surface area contributed by atoms with Crippen molar-refractivity contribution in [1.29, 1.82) is 0 Å². The number of hydrogen-bond acceptors (Lipinski definition) is 2. The van der Waals surface area contributed by atoms with Gasteiger partial charge < -0.3 is 10.4 Å². The lowest BCUT2D eigenvalue weighted by Gasteiger charge is -2.20. The average Bonchev–Trinajstić information content (AvgIpc) is 2.45. The Kier molecular flexibility index (Phi) is 2.08. The summed E-state index contributed by atoms with van der Waals surface area (Å²) in [5.74, 6) is 0. The fourth-order valence-corrected chi connectivity index (χ4v) is 2.08. The summed E-state index contributed by atoms with van der Waals surface area (Å²) < 4.78 is 1.07. The molecule has 0 aromatic heterocycles. The van der Waals surface area contributed by atoms with Gasteiger partial charge in [0, 0.05) is 22.1 Å². The van der Waals surface area contributed by atoms with Crippen LogP contribution in [0.2, 0.25) is 0 Å². The van der Waals surface area contributed by atoms with E-state index in [1.54, 1.807) is 0 Å². The second kappa shape index (κ2) is 3.00. The highest BCUT2D eigenvalue weighted by Gasteiger charge is 2.33. The maximum atomic E-state index is 9.29. The van der Waals surface area contributed by atoms with Crippen molar-refractivity contribution in [3.8, 4) is 0 Å². The largest absolute Gasteiger partial charge is 0.395 e. The van der Waals surface area contributed by atoms with Crippen molar-refractivity contribution in [1.82, 2.24) is 0 Å². The van der Waals surface area contributed by atoms with E-state index in [1.807, 2.05) is 6.07 Å². The van der Waals surface area contributed by atoms with Gasteiger partial charge in [0.15, 0.2) is 0 Å². The van der Waals surface area contributed by atoms with Crippen LogP contribution in [0.15, 0.2) is 22.7 Å². The molecule has 2 N–H and O–H groups in total. The normalized spacial score (nSPS) is 25.5. The number of nitrogens with one attached hydrogen (secondary N) is 1. The van der Waals surface area contributed by atoms with Gasteiger partial charge in [0.1, 0.15) is 0 Å². The molecule has 1 atom stereocenters. The van der Waals surface area contributed by atoms with Gasteiger partial charge in [-0.25, -0.2) is 0 Å². The van der Waals surface area contributed by atoms with Crippen LogP contribution in [0.3, 0.4) is 0 Å². The number of hydrogen-bond donors (Lipinski definition) is 2. The van der Waals surface area contributed by atoms with E-state index in [1.165, 1.54) is 5.56 Å². The molecule has 3 heteroatoms. The quantitative estimate of drug-likeness (QED) is 0.790. The molecule has 1 aromatic carbocycles. The first-order chi connectivity index (χ1) is 6.15. The first-order valence-electron chi connectivity index (χ1n) is 4.30. The van der Waals surface area contributed by atoms with Gasteiger partial charge in [0.05, 0.1) is 6.61 Å². The Morgan fingerprint density at radius 3 is 3.08 bits per heavy atom. The molecule has 13 heavy (non-hydrogen) atoms. The first-order valence-corrected chi connectivity index (χ1v) is 5.10. The van der Waals surface area contributed by atoms with Crippen LogP contribution >= 0.6 is 15.9 Å². The van der Waals surface area contributed by atoms with Gasteiger partial charge in [-0.15, -0.1) is 0 Å². The monoisotopic (exact) mass is 241 g/mol. The van der Waals surface area contributed by atoms with E-state index in [0.29, 0.717) is 0 Å². The number of rotatable bonds is 1. The Balaban J connectivity index is 2.49. The third kappa shape index (κ3) is 1.36. The van der Waals surface area contributed by atoms with Gasteiger partial charge >= 0.3 is 0 Å². The van der Waals surface area contributed by atoms with E-state index in [9.17, 15) is 5.11 Å². The lowest BCUT2D eigenvalue weighted by molar-refractivity contribution is 0.218. The molecule has 2 nitrogen and oxygen atoms in total. The second-order valence-electron chi connectivity index (χ2n) is 3.76. The molecule has 0 amide bonds. The third-order valence-corrected chi connectivity index (χ3v) is 3.14. The van der Waals surface area contributed by atoms with Gasteiger partial charge in [-0.1, -0.05) is 28.9 Å². The Hall–Kier alpha value is -0.540. The first kappa shape index (κ1) is 9.03. The van der Waals surface area contributed by atoms with Crippen LogP contribution < -0.4 is 5.32 Å². The minimum Gasteiger partial charge on any atom is -0.395 e. The fourth-order valence-electron chi connectivity index (χ4n) is 1.72. The molecule has 0 spiro atoms. The summed E-state index contributed by atoms with van der Waals surface area (Å²) in [6.45, 7) is 3.07. The summed E-state index contributed by atoms with van der Waals surface area (Å²) in [6.07, 6.45) is 0. The van der Waals surface area contributed by atoms with E-state index in [4.69, 9.17) is 0 Å². The van der Waals surface area contributed by atoms with E-state index in [2.05, 4.69) is 40.3 Å². The van der Waals surface area contributed by atoms with E-state index >= 15 is 0 Å². The molecular formula is C10H12BrNO. The fraction of sp³-hybridized carbons (Fsp3) is 0.400. The Morgan fingerprint density at radius 1 is 1.62 bits per heavy atom. The summed E-state index contributed by atoms with van der Waals surface area (Å²) in [7, 11) is 0. The topological polar surface area (TPSA) is 32.3 Å². The predicted octanol–water partition coefficient (Wildman–Crippen LogP) is 2.12. The highest BCUT2D eigenvalue weighted by atomic mass is 79.9. The zero-order chi connectivity index (χ0) is 9.47. The summed E-state index contributed by atoms with van der Waals surface area (Å²) >= 11 is 3.42. The van der Waals surface area contributed by atoms with Crippen molar-refractivity contribution >= 4 is 21.6 Å². The van der Waals surface area contributed by atoms with E-state index in [0.717, 1.165) is 16.7 Å². The third-order valence-electron chi connectivity index (χ3n) is 2.65. The maximum absolute atomic E-state index is 9.29. The predicted molar refractivity (Wildman–Crippen MR) is 57.1 cm³/mol. The van der Waals surface area contributed by atoms with Gasteiger partial charge in [0.2, 0.25) is 0 Å². The minimum absolute atomic E-state index is 0.115. The standard InChI is InChI=1S/C10H12BrNO/c1-10(6-13)5-12-9-4-7(11)2-3-8(9)10/h2-4,12-13H,5-6H2,1H3. The summed E-state index contributed by atoms with van der Waals surface area (Å²) in [5, 5.41) is 12.6. The highest BCUT2D eigenvalue weighted by Crippen LogP contribution is 2.37. The number of anilines is 1. The summed E-state index contributed by atoms with van der Waals surface area (Å²) in [4.78, 5) is 0. The maximum Gasteiger partial charge on any atom is 0.0543 e. The molecule has 70 valence electrons. The molecule has 0 radical (unpaired) electrons. The molecule has 0 fully saturated rings. The molecule has 2 rings (SSSR count). The van der Waals surface area contributed by atoms with Crippen molar-refractivity contribution in [2.75, 3.05) is 18.5 Å². The van der Waals surface area contributed by atoms with Gasteiger partial charge in [-0.05, 0) is 17.7 Å². The number of halogens is 1. The molecule has 1 aromatic rings. The van der Waals surface area contributed by atoms with Crippen molar-refractivity contribution in [3.63, 3.8) is 0 Å². The van der Waals surface area contributed by atoms with Gasteiger partial charge in [-0.2, -0.15) is 0 Å². The number of fused-ring (bicyclic) bond motifs is 1. The summed E-state index contributed by atoms with van der Waals surface area (Å²) in [5.41, 5.74) is 2.22. The number of aliphatic hydroxyl groups is 1. The lowest BCUT2D eigenvalue weighted by atomic mass is 9.86. The van der Waals surface area contributed by atoms with Crippen LogP contribution in [0, 0.1) is 0 Å². The minimum atomic E-state index is -0.115. The highest BCUT2D eigenvalue weighted by molar-refractivity contribution is 9.10. The molecule has 0 saturated carbocycles. The molecule has 1 heterocycles. The van der Waals surface area contributed by atoms with Crippen molar-refractivity contribution in [3.05, 3.63) is 28.2 Å². The van der Waals surface area contributed by atoms with Crippen LogP contribution in [0.4, 0.5) is 5.69 Å². The van der Waals surface area contributed by atoms with Crippen LogP contribution in [0.1, 0.15) is 12.5 Å². The SMILES string of the molecule is CC1(CO)CNc2cc(Br)ccc21. The molecule has 0 saturated heterocycles. The number of aliphatic hydroxyl groups excluding tert-OH is 1. The van der Waals surface area contributed by atoms with E-state index < -0.39 is 0 Å². The van der Waals surface area contributed by atoms with Crippen LogP contribution in [0.25, 0.3) is 0 Å². The van der Waals surface area contributed by atoms with Crippen LogP contribution in [0.5, 0.6) is 0 Å². The van der Waals surface area contributed by atoms with E-state index in [-0.39, 0.29) is 12.0 Å². The molecule has 0 bridgehead atoms. The Morgan fingerprint density at radius 2 is 2.38 bits per heavy atom. The Labute approximate surface area is 86.1 Å². The zero-order valence-electron chi connectivity index (χ0n) is 7.47. The smallest absolute Gasteiger partial charge is 0.0543 e. The van der Waals surface area contributed by atoms with Crippen molar-refractivity contribution in [2.24, 2.45) is 0 Å². The van der Waals surface area contributed by atoms with Crippen LogP contribution in [-0.4, -0.2) is 18.3 Å². The van der Waals surface area contributed by atoms with Gasteiger partial charge in [0.25, 0.3) is 0 Å². The molecule has 1 aliphatic heterocycles. The summed E-state index contributed by atoms with van der Waals surface area (Å²) in [6, 6.07) is 6.13. The number of benzene rings is 1. The lowest BCUT2D eigenvalue weighted by Crippen LogP contribution is -2.28. The van der Waals surface area contributed by atoms with Gasteiger partial charge in [-0.3, -0.25) is 0 Å². The Bertz CT molecular complexity index is 340. The van der Waals surface area contributed by atoms with Crippen LogP contribution in [-0.2, 0) is 5.41 Å². The molecule has 0 aliphatic carbocycles. The molecular weight excluding hydrogens is 230 g/mol.